The van der Waals surface area contributed by atoms with Crippen LogP contribution in [0, 0.1) is 5.92 Å². The molecule has 0 bridgehead atoms. The molecule has 0 spiro atoms. The van der Waals surface area contributed by atoms with Crippen molar-refractivity contribution in [3.05, 3.63) is 18.0 Å². The monoisotopic (exact) mass is 324 g/mol. The summed E-state index contributed by atoms with van der Waals surface area (Å²) in [5.74, 6) is 0.494. The Kier molecular flexibility index (Phi) is 9.91. The van der Waals surface area contributed by atoms with E-state index in [4.69, 9.17) is 5.73 Å². The van der Waals surface area contributed by atoms with Crippen molar-refractivity contribution in [3.63, 3.8) is 0 Å². The van der Waals surface area contributed by atoms with E-state index in [0.29, 0.717) is 18.9 Å². The predicted molar refractivity (Wildman–Crippen MR) is 86.5 cm³/mol. The minimum absolute atomic E-state index is 0. The van der Waals surface area contributed by atoms with Gasteiger partial charge in [-0.1, -0.05) is 13.8 Å². The molecule has 1 aromatic heterocycles. The Bertz CT molecular complexity index is 409. The van der Waals surface area contributed by atoms with Gasteiger partial charge in [-0.25, -0.2) is 0 Å². The van der Waals surface area contributed by atoms with E-state index in [1.807, 2.05) is 20.2 Å². The Balaban J connectivity index is 0. The molecular weight excluding hydrogens is 299 g/mol. The van der Waals surface area contributed by atoms with E-state index in [9.17, 15) is 4.79 Å². The lowest BCUT2D eigenvalue weighted by atomic mass is 9.90. The molecule has 1 rings (SSSR count). The van der Waals surface area contributed by atoms with Crippen molar-refractivity contribution in [2.75, 3.05) is 6.54 Å². The summed E-state index contributed by atoms with van der Waals surface area (Å²) in [7, 11) is 1.84. The van der Waals surface area contributed by atoms with Crippen LogP contribution in [0.2, 0.25) is 0 Å². The van der Waals surface area contributed by atoms with Crippen LogP contribution < -0.4 is 11.1 Å². The topological polar surface area (TPSA) is 72.9 Å². The van der Waals surface area contributed by atoms with Crippen LogP contribution in [0.3, 0.4) is 0 Å². The third-order valence-electron chi connectivity index (χ3n) is 2.87. The summed E-state index contributed by atoms with van der Waals surface area (Å²) in [6.07, 6.45) is 4.79. The highest BCUT2D eigenvalue weighted by molar-refractivity contribution is 5.85. The number of hydrogen-bond donors (Lipinski definition) is 2. The van der Waals surface area contributed by atoms with Crippen molar-refractivity contribution in [1.29, 1.82) is 0 Å². The first kappa shape index (κ1) is 21.5. The maximum Gasteiger partial charge on any atom is 0.225 e. The molecule has 0 aliphatic rings. The lowest BCUT2D eigenvalue weighted by Crippen LogP contribution is -2.52. The van der Waals surface area contributed by atoms with Gasteiger partial charge in [-0.2, -0.15) is 5.10 Å². The Morgan fingerprint density at radius 3 is 2.50 bits per heavy atom. The molecule has 0 saturated heterocycles. The van der Waals surface area contributed by atoms with Gasteiger partial charge in [-0.3, -0.25) is 9.48 Å². The lowest BCUT2D eigenvalue weighted by molar-refractivity contribution is -0.122. The summed E-state index contributed by atoms with van der Waals surface area (Å²) in [5, 5.41) is 7.08. The molecule has 118 valence electrons. The summed E-state index contributed by atoms with van der Waals surface area (Å²) >= 11 is 0. The van der Waals surface area contributed by atoms with Gasteiger partial charge in [0, 0.05) is 25.3 Å². The molecule has 1 aromatic rings. The molecule has 3 N–H and O–H groups in total. The second kappa shape index (κ2) is 9.21. The third kappa shape index (κ3) is 7.12. The molecule has 1 amide bonds. The van der Waals surface area contributed by atoms with Gasteiger partial charge in [0.25, 0.3) is 0 Å². The summed E-state index contributed by atoms with van der Waals surface area (Å²) < 4.78 is 1.69. The maximum absolute atomic E-state index is 12.0. The molecule has 20 heavy (non-hydrogen) atoms. The zero-order chi connectivity index (χ0) is 13.8. The Labute approximate surface area is 133 Å². The van der Waals surface area contributed by atoms with E-state index >= 15 is 0 Å². The van der Waals surface area contributed by atoms with Gasteiger partial charge in [0.05, 0.1) is 12.6 Å². The Morgan fingerprint density at radius 2 is 2.10 bits per heavy atom. The number of hydrogen-bond acceptors (Lipinski definition) is 3. The van der Waals surface area contributed by atoms with Gasteiger partial charge in [-0.05, 0) is 24.8 Å². The zero-order valence-corrected chi connectivity index (χ0v) is 14.2. The van der Waals surface area contributed by atoms with Crippen molar-refractivity contribution in [2.45, 2.75) is 39.2 Å². The van der Waals surface area contributed by atoms with Crippen LogP contribution in [0.25, 0.3) is 0 Å². The van der Waals surface area contributed by atoms with Crippen molar-refractivity contribution in [1.82, 2.24) is 15.1 Å². The Morgan fingerprint density at radius 1 is 1.50 bits per heavy atom. The smallest absolute Gasteiger partial charge is 0.225 e. The van der Waals surface area contributed by atoms with Gasteiger partial charge >= 0.3 is 0 Å². The van der Waals surface area contributed by atoms with Crippen molar-refractivity contribution in [2.24, 2.45) is 18.7 Å². The van der Waals surface area contributed by atoms with Gasteiger partial charge < -0.3 is 11.1 Å². The molecule has 0 aliphatic heterocycles. The maximum atomic E-state index is 12.0. The molecule has 0 saturated carbocycles. The van der Waals surface area contributed by atoms with Gasteiger partial charge in [0.15, 0.2) is 0 Å². The second-order valence-corrected chi connectivity index (χ2v) is 5.61. The van der Waals surface area contributed by atoms with Crippen LogP contribution in [0.5, 0.6) is 0 Å². The summed E-state index contributed by atoms with van der Waals surface area (Å²) in [6.45, 7) is 6.69. The quantitative estimate of drug-likeness (QED) is 0.836. The number of carbonyl (C=O) groups excluding carboxylic acids is 1. The molecule has 1 heterocycles. The first-order valence-electron chi connectivity index (χ1n) is 6.33. The second-order valence-electron chi connectivity index (χ2n) is 5.61. The molecule has 1 atom stereocenters. The van der Waals surface area contributed by atoms with Crippen molar-refractivity contribution >= 4 is 30.7 Å². The fraction of sp³-hybridized carbons (Fsp3) is 0.692. The minimum Gasteiger partial charge on any atom is -0.349 e. The van der Waals surface area contributed by atoms with E-state index in [-0.39, 0.29) is 36.3 Å². The van der Waals surface area contributed by atoms with Crippen molar-refractivity contribution < 1.29 is 4.79 Å². The van der Waals surface area contributed by atoms with Crippen LogP contribution in [0.15, 0.2) is 12.4 Å². The fourth-order valence-electron chi connectivity index (χ4n) is 2.22. The highest BCUT2D eigenvalue weighted by atomic mass is 35.5. The number of aromatic nitrogens is 2. The zero-order valence-electron chi connectivity index (χ0n) is 12.5. The number of nitrogens with zero attached hydrogens (tertiary/aromatic N) is 2. The van der Waals surface area contributed by atoms with E-state index in [0.717, 1.165) is 12.0 Å². The summed E-state index contributed by atoms with van der Waals surface area (Å²) in [4.78, 5) is 12.0. The van der Waals surface area contributed by atoms with E-state index in [2.05, 4.69) is 24.3 Å². The molecule has 7 heteroatoms. The van der Waals surface area contributed by atoms with Gasteiger partial charge in [0.1, 0.15) is 0 Å². The standard InChI is InChI=1S/C13H24N4O.2ClH/c1-10(2)6-13(3,9-14)16-12(18)5-11-7-15-17(4)8-11;;/h7-8,10H,5-6,9,14H2,1-4H3,(H,16,18);2*1H. The fourth-order valence-corrected chi connectivity index (χ4v) is 2.22. The number of nitrogens with one attached hydrogen (secondary N) is 1. The number of halogens is 2. The molecule has 5 nitrogen and oxygen atoms in total. The highest BCUT2D eigenvalue weighted by Gasteiger charge is 2.25. The van der Waals surface area contributed by atoms with Gasteiger partial charge in [0.2, 0.25) is 5.91 Å². The lowest BCUT2D eigenvalue weighted by Gasteiger charge is -2.31. The summed E-state index contributed by atoms with van der Waals surface area (Å²) in [6, 6.07) is 0. The van der Waals surface area contributed by atoms with Gasteiger partial charge in [-0.15, -0.1) is 24.8 Å². The van der Waals surface area contributed by atoms with E-state index in [1.165, 1.54) is 0 Å². The van der Waals surface area contributed by atoms with Crippen LogP contribution >= 0.6 is 24.8 Å². The van der Waals surface area contributed by atoms with Crippen LogP contribution in [-0.4, -0.2) is 27.8 Å². The van der Waals surface area contributed by atoms with E-state index < -0.39 is 0 Å². The number of amides is 1. The van der Waals surface area contributed by atoms with Crippen molar-refractivity contribution in [3.8, 4) is 0 Å². The predicted octanol–water partition coefficient (Wildman–Crippen LogP) is 1.69. The number of carbonyl (C=O) groups is 1. The number of rotatable bonds is 6. The third-order valence-corrected chi connectivity index (χ3v) is 2.87. The molecule has 0 aromatic carbocycles. The van der Waals surface area contributed by atoms with E-state index in [1.54, 1.807) is 10.9 Å². The molecule has 0 radical (unpaired) electrons. The molecular formula is C13H26Cl2N4O. The highest BCUT2D eigenvalue weighted by Crippen LogP contribution is 2.15. The normalized spacial score (nSPS) is 13.1. The average molecular weight is 325 g/mol. The SMILES string of the molecule is CC(C)CC(C)(CN)NC(=O)Cc1cnn(C)c1.Cl.Cl. The minimum atomic E-state index is -0.326. The Hall–Kier alpha value is -0.780. The first-order valence-corrected chi connectivity index (χ1v) is 6.33. The first-order chi connectivity index (χ1) is 8.34. The molecule has 0 aliphatic carbocycles. The summed E-state index contributed by atoms with van der Waals surface area (Å²) in [5.41, 5.74) is 6.36. The number of aryl methyl sites for hydroxylation is 1. The average Bonchev–Trinajstić information content (AvgIpc) is 2.62. The van der Waals surface area contributed by atoms with Crippen LogP contribution in [0.1, 0.15) is 32.8 Å². The largest absolute Gasteiger partial charge is 0.349 e. The van der Waals surface area contributed by atoms with Crippen LogP contribution in [0.4, 0.5) is 0 Å². The molecule has 1 unspecified atom stereocenters. The molecule has 0 fully saturated rings. The van der Waals surface area contributed by atoms with Crippen LogP contribution in [-0.2, 0) is 18.3 Å². The number of nitrogens with two attached hydrogens (primary N) is 1.